The quantitative estimate of drug-likeness (QED) is 0.494. The highest BCUT2D eigenvalue weighted by Crippen LogP contribution is 2.28. The SMILES string of the molecule is CCOCCOC(=O)c1cc(Br)cc(Br)c1N. The highest BCUT2D eigenvalue weighted by Gasteiger charge is 2.14. The van der Waals surface area contributed by atoms with E-state index in [1.54, 1.807) is 12.1 Å². The number of ether oxygens (including phenoxy) is 2. The number of carbonyl (C=O) groups is 1. The van der Waals surface area contributed by atoms with Crippen molar-refractivity contribution in [1.29, 1.82) is 0 Å². The van der Waals surface area contributed by atoms with Gasteiger partial charge in [-0.25, -0.2) is 4.79 Å². The van der Waals surface area contributed by atoms with Gasteiger partial charge in [-0.2, -0.15) is 0 Å². The Bertz CT molecular complexity index is 410. The van der Waals surface area contributed by atoms with Gasteiger partial charge in [-0.1, -0.05) is 15.9 Å². The third-order valence-electron chi connectivity index (χ3n) is 1.98. The van der Waals surface area contributed by atoms with Crippen molar-refractivity contribution in [3.63, 3.8) is 0 Å². The van der Waals surface area contributed by atoms with Crippen LogP contribution in [-0.4, -0.2) is 25.8 Å². The Morgan fingerprint density at radius 2 is 2.06 bits per heavy atom. The number of rotatable bonds is 5. The van der Waals surface area contributed by atoms with E-state index < -0.39 is 5.97 Å². The lowest BCUT2D eigenvalue weighted by atomic mass is 10.2. The number of hydrogen-bond acceptors (Lipinski definition) is 4. The molecule has 0 bridgehead atoms. The van der Waals surface area contributed by atoms with Crippen LogP contribution in [0.15, 0.2) is 21.1 Å². The zero-order valence-electron chi connectivity index (χ0n) is 9.33. The van der Waals surface area contributed by atoms with E-state index in [4.69, 9.17) is 15.2 Å². The molecule has 0 unspecified atom stereocenters. The molecule has 1 aromatic rings. The summed E-state index contributed by atoms with van der Waals surface area (Å²) in [5.74, 6) is -0.454. The fourth-order valence-corrected chi connectivity index (χ4v) is 2.39. The third-order valence-corrected chi connectivity index (χ3v) is 3.09. The van der Waals surface area contributed by atoms with Gasteiger partial charge in [0.05, 0.1) is 17.9 Å². The molecule has 2 N–H and O–H groups in total. The summed E-state index contributed by atoms with van der Waals surface area (Å²) in [4.78, 5) is 11.7. The van der Waals surface area contributed by atoms with Crippen LogP contribution in [0.2, 0.25) is 0 Å². The topological polar surface area (TPSA) is 61.5 Å². The molecule has 0 radical (unpaired) electrons. The standard InChI is InChI=1S/C11H13Br2NO3/c1-2-16-3-4-17-11(15)8-5-7(12)6-9(13)10(8)14/h5-6H,2-4,14H2,1H3. The second-order valence-electron chi connectivity index (χ2n) is 3.18. The highest BCUT2D eigenvalue weighted by atomic mass is 79.9. The number of nitrogens with two attached hydrogens (primary N) is 1. The van der Waals surface area contributed by atoms with Gasteiger partial charge in [0.2, 0.25) is 0 Å². The van der Waals surface area contributed by atoms with Crippen molar-refractivity contribution in [3.8, 4) is 0 Å². The molecule has 1 aromatic carbocycles. The molecule has 0 atom stereocenters. The monoisotopic (exact) mass is 365 g/mol. The second-order valence-corrected chi connectivity index (χ2v) is 4.95. The van der Waals surface area contributed by atoms with Gasteiger partial charge >= 0.3 is 5.97 Å². The van der Waals surface area contributed by atoms with Gasteiger partial charge in [0.25, 0.3) is 0 Å². The van der Waals surface area contributed by atoms with E-state index in [1.807, 2.05) is 6.92 Å². The molecule has 0 aliphatic rings. The van der Waals surface area contributed by atoms with E-state index in [0.717, 1.165) is 4.47 Å². The average Bonchev–Trinajstić information content (AvgIpc) is 2.29. The van der Waals surface area contributed by atoms with E-state index in [1.165, 1.54) is 0 Å². The van der Waals surface area contributed by atoms with Crippen LogP contribution in [0.5, 0.6) is 0 Å². The molecule has 0 heterocycles. The second kappa shape index (κ2) is 6.98. The Morgan fingerprint density at radius 3 is 2.71 bits per heavy atom. The Balaban J connectivity index is 2.69. The third kappa shape index (κ3) is 4.29. The smallest absolute Gasteiger partial charge is 0.340 e. The van der Waals surface area contributed by atoms with Gasteiger partial charge in [-0.05, 0) is 35.0 Å². The lowest BCUT2D eigenvalue weighted by Gasteiger charge is -2.09. The molecule has 0 saturated heterocycles. The normalized spacial score (nSPS) is 10.3. The van der Waals surface area contributed by atoms with Crippen LogP contribution in [0.1, 0.15) is 17.3 Å². The maximum Gasteiger partial charge on any atom is 0.340 e. The van der Waals surface area contributed by atoms with E-state index in [2.05, 4.69) is 31.9 Å². The van der Waals surface area contributed by atoms with Crippen molar-refractivity contribution in [2.45, 2.75) is 6.92 Å². The first-order valence-corrected chi connectivity index (χ1v) is 6.64. The molecule has 0 amide bonds. The summed E-state index contributed by atoms with van der Waals surface area (Å²) in [5.41, 5.74) is 6.49. The summed E-state index contributed by atoms with van der Waals surface area (Å²) < 4.78 is 11.5. The maximum absolute atomic E-state index is 11.7. The first-order valence-electron chi connectivity index (χ1n) is 5.05. The van der Waals surface area contributed by atoms with Crippen LogP contribution in [0.4, 0.5) is 5.69 Å². The van der Waals surface area contributed by atoms with Crippen LogP contribution in [0.3, 0.4) is 0 Å². The summed E-state index contributed by atoms with van der Waals surface area (Å²) >= 11 is 6.56. The van der Waals surface area contributed by atoms with Crippen LogP contribution in [0, 0.1) is 0 Å². The molecule has 0 aliphatic carbocycles. The molecule has 1 rings (SSSR count). The minimum atomic E-state index is -0.454. The van der Waals surface area contributed by atoms with E-state index >= 15 is 0 Å². The molecule has 6 heteroatoms. The molecule has 0 fully saturated rings. The number of anilines is 1. The Labute approximate surface area is 117 Å². The first-order chi connectivity index (χ1) is 8.06. The van der Waals surface area contributed by atoms with Gasteiger partial charge in [-0.15, -0.1) is 0 Å². The van der Waals surface area contributed by atoms with Gasteiger partial charge in [0.15, 0.2) is 0 Å². The molecule has 17 heavy (non-hydrogen) atoms. The predicted molar refractivity (Wildman–Crippen MR) is 73.0 cm³/mol. The lowest BCUT2D eigenvalue weighted by molar-refractivity contribution is 0.0336. The van der Waals surface area contributed by atoms with Crippen molar-refractivity contribution in [1.82, 2.24) is 0 Å². The van der Waals surface area contributed by atoms with Crippen molar-refractivity contribution in [2.24, 2.45) is 0 Å². The van der Waals surface area contributed by atoms with Crippen LogP contribution in [0.25, 0.3) is 0 Å². The molecule has 94 valence electrons. The fraction of sp³-hybridized carbons (Fsp3) is 0.364. The lowest BCUT2D eigenvalue weighted by Crippen LogP contribution is -2.12. The first kappa shape index (κ1) is 14.5. The number of benzene rings is 1. The molecule has 0 aliphatic heterocycles. The number of esters is 1. The van der Waals surface area contributed by atoms with Crippen molar-refractivity contribution >= 4 is 43.5 Å². The van der Waals surface area contributed by atoms with E-state index in [9.17, 15) is 4.79 Å². The summed E-state index contributed by atoms with van der Waals surface area (Å²) in [5, 5.41) is 0. The predicted octanol–water partition coefficient (Wildman–Crippen LogP) is 2.99. The zero-order valence-corrected chi connectivity index (χ0v) is 12.5. The highest BCUT2D eigenvalue weighted by molar-refractivity contribution is 9.11. The van der Waals surface area contributed by atoms with Crippen LogP contribution < -0.4 is 5.73 Å². The Kier molecular flexibility index (Phi) is 5.94. The molecule has 0 spiro atoms. The minimum Gasteiger partial charge on any atom is -0.460 e. The van der Waals surface area contributed by atoms with Crippen LogP contribution >= 0.6 is 31.9 Å². The molecular weight excluding hydrogens is 354 g/mol. The Hall–Kier alpha value is -0.590. The summed E-state index contributed by atoms with van der Waals surface area (Å²) in [6.45, 7) is 3.08. The summed E-state index contributed by atoms with van der Waals surface area (Å²) in [7, 11) is 0. The number of nitrogen functional groups attached to an aromatic ring is 1. The van der Waals surface area contributed by atoms with E-state index in [-0.39, 0.29) is 6.61 Å². The van der Waals surface area contributed by atoms with Crippen molar-refractivity contribution in [3.05, 3.63) is 26.6 Å². The number of halogens is 2. The molecule has 0 saturated carbocycles. The maximum atomic E-state index is 11.7. The van der Waals surface area contributed by atoms with Crippen molar-refractivity contribution < 1.29 is 14.3 Å². The summed E-state index contributed by atoms with van der Waals surface area (Å²) in [6, 6.07) is 3.40. The van der Waals surface area contributed by atoms with Crippen molar-refractivity contribution in [2.75, 3.05) is 25.6 Å². The molecule has 4 nitrogen and oxygen atoms in total. The van der Waals surface area contributed by atoms with E-state index in [0.29, 0.717) is 28.9 Å². The van der Waals surface area contributed by atoms with Gasteiger partial charge in [0.1, 0.15) is 6.61 Å². The molecule has 0 aromatic heterocycles. The zero-order chi connectivity index (χ0) is 12.8. The largest absolute Gasteiger partial charge is 0.460 e. The van der Waals surface area contributed by atoms with Gasteiger partial charge < -0.3 is 15.2 Å². The molecular formula is C11H13Br2NO3. The van der Waals surface area contributed by atoms with Gasteiger partial charge in [-0.3, -0.25) is 0 Å². The Morgan fingerprint density at radius 1 is 1.35 bits per heavy atom. The minimum absolute atomic E-state index is 0.218. The van der Waals surface area contributed by atoms with Crippen LogP contribution in [-0.2, 0) is 9.47 Å². The number of carbonyl (C=O) groups excluding carboxylic acids is 1. The fourth-order valence-electron chi connectivity index (χ4n) is 1.17. The summed E-state index contributed by atoms with van der Waals surface area (Å²) in [6.07, 6.45) is 0. The van der Waals surface area contributed by atoms with Gasteiger partial charge in [0, 0.05) is 15.6 Å². The average molecular weight is 367 g/mol. The number of hydrogen-bond donors (Lipinski definition) is 1.